The molecule has 0 N–H and O–H groups in total. The molecule has 3 saturated carbocycles. The van der Waals surface area contributed by atoms with Crippen LogP contribution >= 0.6 is 0 Å². The summed E-state index contributed by atoms with van der Waals surface area (Å²) < 4.78 is 11.1. The second kappa shape index (κ2) is 2.89. The first kappa shape index (κ1) is 9.23. The van der Waals surface area contributed by atoms with Gasteiger partial charge in [-0.05, 0) is 42.9 Å². The number of epoxide rings is 1. The average Bonchev–Trinajstić information content (AvgIpc) is 2.68. The summed E-state index contributed by atoms with van der Waals surface area (Å²) in [6.45, 7) is 3.46. The molecule has 0 aromatic carbocycles. The fraction of sp³-hybridized carbons (Fsp3) is 0.769. The summed E-state index contributed by atoms with van der Waals surface area (Å²) in [4.78, 5) is 11.2. The summed E-state index contributed by atoms with van der Waals surface area (Å²) in [6, 6.07) is 0. The van der Waals surface area contributed by atoms with Crippen molar-refractivity contribution in [2.24, 2.45) is 23.7 Å². The van der Waals surface area contributed by atoms with Crippen molar-refractivity contribution in [3.05, 3.63) is 12.7 Å². The molecule has 7 atom stereocenters. The second-order valence-corrected chi connectivity index (χ2v) is 5.69. The van der Waals surface area contributed by atoms with Crippen molar-refractivity contribution in [2.75, 3.05) is 0 Å². The molecule has 0 aromatic heterocycles. The molecule has 1 aliphatic heterocycles. The van der Waals surface area contributed by atoms with Gasteiger partial charge in [-0.15, -0.1) is 0 Å². The monoisotopic (exact) mass is 220 g/mol. The van der Waals surface area contributed by atoms with Crippen molar-refractivity contribution in [2.45, 2.75) is 37.6 Å². The topological polar surface area (TPSA) is 38.8 Å². The van der Waals surface area contributed by atoms with E-state index >= 15 is 0 Å². The van der Waals surface area contributed by atoms with Crippen LogP contribution in [0.25, 0.3) is 0 Å². The SMILES string of the molecule is C=CC(=O)OC1CC2CC1C1C[C@H]3OC3C21. The van der Waals surface area contributed by atoms with Crippen molar-refractivity contribution >= 4 is 5.97 Å². The zero-order valence-corrected chi connectivity index (χ0v) is 9.17. The van der Waals surface area contributed by atoms with Crippen LogP contribution in [-0.2, 0) is 14.3 Å². The third-order valence-electron chi connectivity index (χ3n) is 5.12. The third kappa shape index (κ3) is 1.05. The zero-order valence-electron chi connectivity index (χ0n) is 9.17. The molecule has 0 radical (unpaired) electrons. The molecule has 3 heteroatoms. The molecule has 6 unspecified atom stereocenters. The van der Waals surface area contributed by atoms with Crippen LogP contribution in [0.15, 0.2) is 12.7 Å². The fourth-order valence-corrected chi connectivity index (χ4v) is 4.60. The van der Waals surface area contributed by atoms with Gasteiger partial charge in [0, 0.05) is 6.08 Å². The summed E-state index contributed by atoms with van der Waals surface area (Å²) >= 11 is 0. The zero-order chi connectivity index (χ0) is 10.9. The van der Waals surface area contributed by atoms with Crippen molar-refractivity contribution in [1.82, 2.24) is 0 Å². The summed E-state index contributed by atoms with van der Waals surface area (Å²) in [5.41, 5.74) is 0. The number of esters is 1. The second-order valence-electron chi connectivity index (χ2n) is 5.69. The normalized spacial score (nSPS) is 55.6. The minimum atomic E-state index is -0.256. The first-order valence-electron chi connectivity index (χ1n) is 6.26. The first-order valence-corrected chi connectivity index (χ1v) is 6.26. The Hall–Kier alpha value is -0.830. The average molecular weight is 220 g/mol. The Balaban J connectivity index is 1.51. The van der Waals surface area contributed by atoms with E-state index in [9.17, 15) is 4.79 Å². The van der Waals surface area contributed by atoms with E-state index < -0.39 is 0 Å². The van der Waals surface area contributed by atoms with Gasteiger partial charge in [0.05, 0.1) is 12.2 Å². The van der Waals surface area contributed by atoms with E-state index in [2.05, 4.69) is 6.58 Å². The van der Waals surface area contributed by atoms with Crippen LogP contribution in [0, 0.1) is 23.7 Å². The highest BCUT2D eigenvalue weighted by molar-refractivity contribution is 5.81. The fourth-order valence-electron chi connectivity index (χ4n) is 4.60. The van der Waals surface area contributed by atoms with Gasteiger partial charge in [0.2, 0.25) is 0 Å². The minimum absolute atomic E-state index is 0.161. The Morgan fingerprint density at radius 1 is 1.31 bits per heavy atom. The van der Waals surface area contributed by atoms with Crippen molar-refractivity contribution in [3.63, 3.8) is 0 Å². The number of carbonyl (C=O) groups is 1. The highest BCUT2D eigenvalue weighted by Gasteiger charge is 2.67. The van der Waals surface area contributed by atoms with E-state index in [-0.39, 0.29) is 12.1 Å². The van der Waals surface area contributed by atoms with Gasteiger partial charge >= 0.3 is 5.97 Å². The molecule has 1 saturated heterocycles. The molecule has 16 heavy (non-hydrogen) atoms. The number of ether oxygens (including phenoxy) is 2. The summed E-state index contributed by atoms with van der Waals surface area (Å²) in [6.07, 6.45) is 6.06. The standard InChI is InChI=1S/C13H16O3/c1-2-11(14)15-9-4-6-3-7(9)8-5-10-13(16-10)12(6)8/h2,6-10,12-13H,1,3-5H2/t6?,7?,8?,9?,10-,12?,13?/m1/s1. The smallest absolute Gasteiger partial charge is 0.330 e. The first-order chi connectivity index (χ1) is 7.78. The molecule has 1 heterocycles. The molecule has 4 rings (SSSR count). The van der Waals surface area contributed by atoms with Crippen LogP contribution < -0.4 is 0 Å². The lowest BCUT2D eigenvalue weighted by Gasteiger charge is -2.32. The Kier molecular flexibility index (Phi) is 1.67. The van der Waals surface area contributed by atoms with Gasteiger partial charge in [0.15, 0.2) is 0 Å². The van der Waals surface area contributed by atoms with E-state index in [0.29, 0.717) is 18.1 Å². The molecule has 3 nitrogen and oxygen atoms in total. The van der Waals surface area contributed by atoms with Crippen LogP contribution in [0.5, 0.6) is 0 Å². The van der Waals surface area contributed by atoms with Crippen LogP contribution in [0.2, 0.25) is 0 Å². The molecule has 2 bridgehead atoms. The van der Waals surface area contributed by atoms with E-state index in [1.54, 1.807) is 0 Å². The lowest BCUT2D eigenvalue weighted by atomic mass is 9.79. The van der Waals surface area contributed by atoms with Gasteiger partial charge in [-0.1, -0.05) is 6.58 Å². The number of carbonyl (C=O) groups excluding carboxylic acids is 1. The largest absolute Gasteiger partial charge is 0.459 e. The molecule has 4 fully saturated rings. The lowest BCUT2D eigenvalue weighted by Crippen LogP contribution is -2.34. The number of rotatable bonds is 2. The number of fused-ring (bicyclic) bond motifs is 7. The maximum atomic E-state index is 11.2. The van der Waals surface area contributed by atoms with E-state index in [1.165, 1.54) is 18.9 Å². The Morgan fingerprint density at radius 2 is 2.19 bits per heavy atom. The van der Waals surface area contributed by atoms with Crippen LogP contribution in [0.4, 0.5) is 0 Å². The van der Waals surface area contributed by atoms with E-state index in [1.807, 2.05) is 0 Å². The summed E-state index contributed by atoms with van der Waals surface area (Å²) in [5, 5.41) is 0. The Bertz CT molecular complexity index is 364. The Morgan fingerprint density at radius 3 is 3.00 bits per heavy atom. The quantitative estimate of drug-likeness (QED) is 0.402. The summed E-state index contributed by atoms with van der Waals surface area (Å²) in [7, 11) is 0. The highest BCUT2D eigenvalue weighted by Crippen LogP contribution is 2.64. The Labute approximate surface area is 94.8 Å². The molecule has 0 aromatic rings. The van der Waals surface area contributed by atoms with Crippen LogP contribution in [0.1, 0.15) is 19.3 Å². The van der Waals surface area contributed by atoms with Crippen LogP contribution in [-0.4, -0.2) is 24.3 Å². The van der Waals surface area contributed by atoms with Gasteiger partial charge in [-0.25, -0.2) is 4.79 Å². The molecule has 3 aliphatic carbocycles. The van der Waals surface area contributed by atoms with Gasteiger partial charge in [-0.2, -0.15) is 0 Å². The maximum Gasteiger partial charge on any atom is 0.330 e. The van der Waals surface area contributed by atoms with E-state index in [4.69, 9.17) is 9.47 Å². The van der Waals surface area contributed by atoms with Crippen molar-refractivity contribution in [1.29, 1.82) is 0 Å². The molecule has 86 valence electrons. The van der Waals surface area contributed by atoms with Gasteiger partial charge in [-0.3, -0.25) is 0 Å². The van der Waals surface area contributed by atoms with E-state index in [0.717, 1.165) is 24.2 Å². The molecule has 0 spiro atoms. The summed E-state index contributed by atoms with van der Waals surface area (Å²) in [5.74, 6) is 2.65. The van der Waals surface area contributed by atoms with Crippen LogP contribution in [0.3, 0.4) is 0 Å². The minimum Gasteiger partial charge on any atom is -0.459 e. The molecule has 0 amide bonds. The maximum absolute atomic E-state index is 11.2. The van der Waals surface area contributed by atoms with Crippen molar-refractivity contribution in [3.8, 4) is 0 Å². The number of hydrogen-bond acceptors (Lipinski definition) is 3. The predicted octanol–water partition coefficient (Wildman–Crippen LogP) is 1.53. The highest BCUT2D eigenvalue weighted by atomic mass is 16.6. The van der Waals surface area contributed by atoms with Gasteiger partial charge in [0.1, 0.15) is 6.10 Å². The molecular formula is C13H16O3. The lowest BCUT2D eigenvalue weighted by molar-refractivity contribution is -0.147. The molecular weight excluding hydrogens is 204 g/mol. The number of hydrogen-bond donors (Lipinski definition) is 0. The van der Waals surface area contributed by atoms with Crippen molar-refractivity contribution < 1.29 is 14.3 Å². The third-order valence-corrected chi connectivity index (χ3v) is 5.12. The molecule has 4 aliphatic rings. The predicted molar refractivity (Wildman–Crippen MR) is 56.5 cm³/mol. The van der Waals surface area contributed by atoms with Gasteiger partial charge in [0.25, 0.3) is 0 Å². The van der Waals surface area contributed by atoms with Gasteiger partial charge < -0.3 is 9.47 Å².